The van der Waals surface area contributed by atoms with E-state index in [1.54, 1.807) is 0 Å². The minimum Gasteiger partial charge on any atom is -0.352 e. The molecule has 0 aliphatic heterocycles. The van der Waals surface area contributed by atoms with E-state index in [1.807, 2.05) is 44.2 Å². The van der Waals surface area contributed by atoms with Crippen molar-refractivity contribution < 1.29 is 4.79 Å². The second-order valence-electron chi connectivity index (χ2n) is 3.60. The van der Waals surface area contributed by atoms with E-state index in [2.05, 4.69) is 21.2 Å². The Labute approximate surface area is 105 Å². The Morgan fingerprint density at radius 2 is 2.25 bits per heavy atom. The highest BCUT2D eigenvalue weighted by Crippen LogP contribution is 2.17. The quantitative estimate of drug-likeness (QED) is 0.665. The van der Waals surface area contributed by atoms with Gasteiger partial charge >= 0.3 is 0 Å². The van der Waals surface area contributed by atoms with Crippen LogP contribution >= 0.6 is 15.9 Å². The zero-order chi connectivity index (χ0) is 12.0. The smallest absolute Gasteiger partial charge is 0.252 e. The van der Waals surface area contributed by atoms with E-state index < -0.39 is 0 Å². The molecule has 1 amide bonds. The molecule has 1 N–H and O–H groups in total. The zero-order valence-electron chi connectivity index (χ0n) is 9.59. The van der Waals surface area contributed by atoms with E-state index >= 15 is 0 Å². The highest BCUT2D eigenvalue weighted by atomic mass is 79.9. The highest BCUT2D eigenvalue weighted by molar-refractivity contribution is 9.10. The van der Waals surface area contributed by atoms with Crippen LogP contribution in [0.15, 0.2) is 34.8 Å². The number of carbonyl (C=O) groups is 1. The number of nitrogens with one attached hydrogen (secondary N) is 1. The molecule has 2 nitrogen and oxygen atoms in total. The predicted octanol–water partition coefficient (Wildman–Crippen LogP) is 3.45. The highest BCUT2D eigenvalue weighted by Gasteiger charge is 2.08. The molecule has 0 spiro atoms. The SMILES string of the molecule is C/C=C/CCNC(=O)c1cc(C)ccc1Br. The summed E-state index contributed by atoms with van der Waals surface area (Å²) in [6, 6.07) is 5.76. The van der Waals surface area contributed by atoms with Crippen LogP contribution in [0, 0.1) is 6.92 Å². The Hall–Kier alpha value is -1.09. The lowest BCUT2D eigenvalue weighted by Gasteiger charge is -2.06. The molecule has 86 valence electrons. The largest absolute Gasteiger partial charge is 0.352 e. The fourth-order valence-electron chi connectivity index (χ4n) is 1.34. The number of aryl methyl sites for hydroxylation is 1. The summed E-state index contributed by atoms with van der Waals surface area (Å²) in [5.41, 5.74) is 1.78. The summed E-state index contributed by atoms with van der Waals surface area (Å²) in [4.78, 5) is 11.8. The third-order valence-corrected chi connectivity index (χ3v) is 2.89. The van der Waals surface area contributed by atoms with Gasteiger partial charge in [0.1, 0.15) is 0 Å². The molecule has 1 rings (SSSR count). The summed E-state index contributed by atoms with van der Waals surface area (Å²) >= 11 is 3.38. The number of benzene rings is 1. The summed E-state index contributed by atoms with van der Waals surface area (Å²) < 4.78 is 0.835. The molecule has 1 aromatic carbocycles. The van der Waals surface area contributed by atoms with E-state index in [0.29, 0.717) is 12.1 Å². The molecule has 0 saturated carbocycles. The summed E-state index contributed by atoms with van der Waals surface area (Å²) in [6.45, 7) is 4.62. The lowest BCUT2D eigenvalue weighted by Crippen LogP contribution is -2.24. The third-order valence-electron chi connectivity index (χ3n) is 2.20. The molecule has 16 heavy (non-hydrogen) atoms. The van der Waals surface area contributed by atoms with Gasteiger partial charge in [-0.2, -0.15) is 0 Å². The standard InChI is InChI=1S/C13H16BrNO/c1-3-4-5-8-15-13(16)11-9-10(2)6-7-12(11)14/h3-4,6-7,9H,5,8H2,1-2H3,(H,15,16)/b4-3+. The first kappa shape index (κ1) is 13.0. The van der Waals surface area contributed by atoms with Crippen LogP contribution in [0.2, 0.25) is 0 Å². The Bertz CT molecular complexity index is 399. The van der Waals surface area contributed by atoms with Crippen molar-refractivity contribution in [2.45, 2.75) is 20.3 Å². The lowest BCUT2D eigenvalue weighted by atomic mass is 10.1. The van der Waals surface area contributed by atoms with E-state index in [1.165, 1.54) is 0 Å². The van der Waals surface area contributed by atoms with Crippen LogP contribution in [0.3, 0.4) is 0 Å². The maximum atomic E-state index is 11.8. The predicted molar refractivity (Wildman–Crippen MR) is 70.6 cm³/mol. The van der Waals surface area contributed by atoms with E-state index in [9.17, 15) is 4.79 Å². The third kappa shape index (κ3) is 3.81. The second kappa shape index (κ2) is 6.48. The number of amides is 1. The van der Waals surface area contributed by atoms with Crippen LogP contribution in [0.1, 0.15) is 29.3 Å². The number of hydrogen-bond acceptors (Lipinski definition) is 1. The normalized spacial score (nSPS) is 10.7. The molecule has 0 aromatic heterocycles. The molecule has 0 heterocycles. The molecule has 0 atom stereocenters. The first-order valence-electron chi connectivity index (χ1n) is 5.30. The second-order valence-corrected chi connectivity index (χ2v) is 4.45. The number of halogens is 1. The van der Waals surface area contributed by atoms with Gasteiger partial charge in [-0.25, -0.2) is 0 Å². The van der Waals surface area contributed by atoms with Crippen LogP contribution in [0.4, 0.5) is 0 Å². The van der Waals surface area contributed by atoms with Crippen LogP contribution in [0.5, 0.6) is 0 Å². The molecule has 0 unspecified atom stereocenters. The Kier molecular flexibility index (Phi) is 5.26. The first-order chi connectivity index (χ1) is 7.65. The number of hydrogen-bond donors (Lipinski definition) is 1. The fraction of sp³-hybridized carbons (Fsp3) is 0.308. The average molecular weight is 282 g/mol. The van der Waals surface area contributed by atoms with Gasteiger partial charge in [-0.05, 0) is 48.3 Å². The summed E-state index contributed by atoms with van der Waals surface area (Å²) in [5, 5.41) is 2.88. The first-order valence-corrected chi connectivity index (χ1v) is 6.10. The van der Waals surface area contributed by atoms with Gasteiger partial charge in [-0.3, -0.25) is 4.79 Å². The molecule has 3 heteroatoms. The lowest BCUT2D eigenvalue weighted by molar-refractivity contribution is 0.0953. The van der Waals surface area contributed by atoms with Gasteiger partial charge in [0.15, 0.2) is 0 Å². The number of allylic oxidation sites excluding steroid dienone is 1. The van der Waals surface area contributed by atoms with Gasteiger partial charge < -0.3 is 5.32 Å². The van der Waals surface area contributed by atoms with Crippen molar-refractivity contribution in [3.8, 4) is 0 Å². The van der Waals surface area contributed by atoms with Crippen molar-refractivity contribution in [3.05, 3.63) is 46.0 Å². The molecule has 0 saturated heterocycles. The molecule has 0 radical (unpaired) electrons. The van der Waals surface area contributed by atoms with Crippen LogP contribution in [-0.2, 0) is 0 Å². The van der Waals surface area contributed by atoms with Crippen LogP contribution in [-0.4, -0.2) is 12.5 Å². The van der Waals surface area contributed by atoms with Gasteiger partial charge in [0, 0.05) is 11.0 Å². The Balaban J connectivity index is 2.62. The number of rotatable bonds is 4. The van der Waals surface area contributed by atoms with Crippen molar-refractivity contribution in [3.63, 3.8) is 0 Å². The van der Waals surface area contributed by atoms with Crippen molar-refractivity contribution >= 4 is 21.8 Å². The maximum Gasteiger partial charge on any atom is 0.252 e. The molecular formula is C13H16BrNO. The molecule has 1 aromatic rings. The molecule has 0 aliphatic rings. The van der Waals surface area contributed by atoms with E-state index in [-0.39, 0.29) is 5.91 Å². The summed E-state index contributed by atoms with van der Waals surface area (Å²) in [7, 11) is 0. The Morgan fingerprint density at radius 3 is 2.94 bits per heavy atom. The average Bonchev–Trinajstić information content (AvgIpc) is 2.27. The van der Waals surface area contributed by atoms with Gasteiger partial charge in [0.2, 0.25) is 0 Å². The van der Waals surface area contributed by atoms with E-state index in [0.717, 1.165) is 16.5 Å². The van der Waals surface area contributed by atoms with Gasteiger partial charge in [0.05, 0.1) is 5.56 Å². The molecule has 0 fully saturated rings. The molecule has 0 aliphatic carbocycles. The Morgan fingerprint density at radius 1 is 1.50 bits per heavy atom. The zero-order valence-corrected chi connectivity index (χ0v) is 11.2. The minimum atomic E-state index is -0.0277. The monoisotopic (exact) mass is 281 g/mol. The topological polar surface area (TPSA) is 29.1 Å². The number of carbonyl (C=O) groups excluding carboxylic acids is 1. The molecule has 0 bridgehead atoms. The van der Waals surface area contributed by atoms with E-state index in [4.69, 9.17) is 0 Å². The molecular weight excluding hydrogens is 266 g/mol. The van der Waals surface area contributed by atoms with Gasteiger partial charge in [0.25, 0.3) is 5.91 Å². The van der Waals surface area contributed by atoms with Gasteiger partial charge in [-0.15, -0.1) is 0 Å². The summed E-state index contributed by atoms with van der Waals surface area (Å²) in [6.07, 6.45) is 4.88. The van der Waals surface area contributed by atoms with Crippen LogP contribution in [0.25, 0.3) is 0 Å². The minimum absolute atomic E-state index is 0.0277. The maximum absolute atomic E-state index is 11.8. The fourth-order valence-corrected chi connectivity index (χ4v) is 1.77. The summed E-state index contributed by atoms with van der Waals surface area (Å²) in [5.74, 6) is -0.0277. The van der Waals surface area contributed by atoms with Crippen molar-refractivity contribution in [2.24, 2.45) is 0 Å². The van der Waals surface area contributed by atoms with Crippen LogP contribution < -0.4 is 5.32 Å². The van der Waals surface area contributed by atoms with Crippen molar-refractivity contribution in [2.75, 3.05) is 6.54 Å². The van der Waals surface area contributed by atoms with Crippen molar-refractivity contribution in [1.82, 2.24) is 5.32 Å². The van der Waals surface area contributed by atoms with Gasteiger partial charge in [-0.1, -0.05) is 23.8 Å². The van der Waals surface area contributed by atoms with Crippen molar-refractivity contribution in [1.29, 1.82) is 0 Å².